The molecule has 24 heavy (non-hydrogen) atoms. The van der Waals surface area contributed by atoms with Crippen molar-refractivity contribution in [1.82, 2.24) is 9.78 Å². The van der Waals surface area contributed by atoms with Crippen LogP contribution in [-0.4, -0.2) is 37.5 Å². The zero-order valence-electron chi connectivity index (χ0n) is 13.4. The molecule has 0 radical (unpaired) electrons. The second kappa shape index (κ2) is 6.60. The molecule has 1 aliphatic heterocycles. The van der Waals surface area contributed by atoms with Crippen LogP contribution in [0.4, 0.5) is 5.69 Å². The van der Waals surface area contributed by atoms with Crippen molar-refractivity contribution in [2.75, 3.05) is 24.2 Å². The van der Waals surface area contributed by atoms with E-state index in [4.69, 9.17) is 0 Å². The van der Waals surface area contributed by atoms with Crippen LogP contribution in [0.3, 0.4) is 0 Å². The van der Waals surface area contributed by atoms with Crippen LogP contribution in [0.15, 0.2) is 58.9 Å². The molecule has 3 rings (SSSR count). The number of rotatable bonds is 5. The van der Waals surface area contributed by atoms with Crippen molar-refractivity contribution in [3.63, 3.8) is 0 Å². The maximum absolute atomic E-state index is 12.3. The smallest absolute Gasteiger partial charge is 0.269 e. The van der Waals surface area contributed by atoms with Crippen molar-refractivity contribution in [3.8, 4) is 0 Å². The van der Waals surface area contributed by atoms with E-state index in [1.54, 1.807) is 6.20 Å². The highest BCUT2D eigenvalue weighted by atomic mass is 32.2. The lowest BCUT2D eigenvalue weighted by atomic mass is 10.1. The first-order chi connectivity index (χ1) is 11.4. The Labute approximate surface area is 141 Å². The fraction of sp³-hybridized carbons (Fsp3) is 0.294. The maximum Gasteiger partial charge on any atom is 0.269 e. The van der Waals surface area contributed by atoms with E-state index >= 15 is 0 Å². The molecule has 0 N–H and O–H groups in total. The molecule has 1 aromatic carbocycles. The first kappa shape index (κ1) is 16.4. The molecule has 0 bridgehead atoms. The third-order valence-electron chi connectivity index (χ3n) is 4.06. The van der Waals surface area contributed by atoms with Gasteiger partial charge in [-0.05, 0) is 18.1 Å². The van der Waals surface area contributed by atoms with Crippen LogP contribution in [-0.2, 0) is 16.3 Å². The SMILES string of the molecule is CN(CCc1ccccc1)c1cnn(C2C=CS(=O)(=O)C2)c(=O)c1. The van der Waals surface area contributed by atoms with Crippen LogP contribution in [0.2, 0.25) is 0 Å². The fourth-order valence-electron chi connectivity index (χ4n) is 2.65. The van der Waals surface area contributed by atoms with E-state index < -0.39 is 15.9 Å². The zero-order valence-corrected chi connectivity index (χ0v) is 14.2. The summed E-state index contributed by atoms with van der Waals surface area (Å²) < 4.78 is 24.2. The van der Waals surface area contributed by atoms with E-state index in [0.29, 0.717) is 0 Å². The monoisotopic (exact) mass is 345 g/mol. The van der Waals surface area contributed by atoms with Gasteiger partial charge in [0, 0.05) is 25.1 Å². The van der Waals surface area contributed by atoms with Gasteiger partial charge in [0.05, 0.1) is 23.7 Å². The predicted octanol–water partition coefficient (Wildman–Crippen LogP) is 1.41. The van der Waals surface area contributed by atoms with Crippen molar-refractivity contribution in [2.45, 2.75) is 12.5 Å². The van der Waals surface area contributed by atoms with Crippen LogP contribution in [0, 0.1) is 0 Å². The lowest BCUT2D eigenvalue weighted by Crippen LogP contribution is -2.30. The van der Waals surface area contributed by atoms with E-state index in [9.17, 15) is 13.2 Å². The molecule has 2 heterocycles. The van der Waals surface area contributed by atoms with Gasteiger partial charge in [-0.3, -0.25) is 4.79 Å². The molecule has 1 unspecified atom stereocenters. The number of hydrogen-bond donors (Lipinski definition) is 0. The Balaban J connectivity index is 1.70. The summed E-state index contributed by atoms with van der Waals surface area (Å²) in [6.07, 6.45) is 3.97. The summed E-state index contributed by atoms with van der Waals surface area (Å²) in [6.45, 7) is 0.757. The molecule has 126 valence electrons. The van der Waals surface area contributed by atoms with E-state index in [1.165, 1.54) is 22.4 Å². The zero-order chi connectivity index (χ0) is 17.2. The average molecular weight is 345 g/mol. The number of aromatic nitrogens is 2. The molecular weight excluding hydrogens is 326 g/mol. The third-order valence-corrected chi connectivity index (χ3v) is 5.43. The lowest BCUT2D eigenvalue weighted by Gasteiger charge is -2.19. The fourth-order valence-corrected chi connectivity index (χ4v) is 3.91. The quantitative estimate of drug-likeness (QED) is 0.819. The van der Waals surface area contributed by atoms with Crippen LogP contribution in [0.1, 0.15) is 11.6 Å². The van der Waals surface area contributed by atoms with Gasteiger partial charge in [-0.2, -0.15) is 5.10 Å². The third kappa shape index (κ3) is 3.73. The highest BCUT2D eigenvalue weighted by molar-refractivity contribution is 7.94. The van der Waals surface area contributed by atoms with Crippen molar-refractivity contribution < 1.29 is 8.42 Å². The predicted molar refractivity (Wildman–Crippen MR) is 93.9 cm³/mol. The molecule has 0 amide bonds. The van der Waals surface area contributed by atoms with Gasteiger partial charge in [0.2, 0.25) is 0 Å². The standard InChI is InChI=1S/C17H19N3O3S/c1-19(9-7-14-5-3-2-4-6-14)16-11-17(21)20(18-12-16)15-8-10-24(22,23)13-15/h2-6,8,10-12,15H,7,9,13H2,1H3. The number of nitrogens with zero attached hydrogens (tertiary/aromatic N) is 3. The van der Waals surface area contributed by atoms with Crippen LogP contribution in [0.5, 0.6) is 0 Å². The van der Waals surface area contributed by atoms with Crippen LogP contribution >= 0.6 is 0 Å². The van der Waals surface area contributed by atoms with Gasteiger partial charge >= 0.3 is 0 Å². The Morgan fingerprint density at radius 3 is 2.67 bits per heavy atom. The molecule has 0 saturated carbocycles. The van der Waals surface area contributed by atoms with Crippen molar-refractivity contribution in [2.24, 2.45) is 0 Å². The van der Waals surface area contributed by atoms with Gasteiger partial charge in [-0.25, -0.2) is 13.1 Å². The molecule has 0 spiro atoms. The lowest BCUT2D eigenvalue weighted by molar-refractivity contribution is 0.541. The number of sulfone groups is 1. The average Bonchev–Trinajstić information content (AvgIpc) is 2.93. The largest absolute Gasteiger partial charge is 0.373 e. The van der Waals surface area contributed by atoms with Gasteiger partial charge in [-0.15, -0.1) is 0 Å². The Kier molecular flexibility index (Phi) is 4.53. The van der Waals surface area contributed by atoms with Gasteiger partial charge < -0.3 is 4.90 Å². The molecule has 1 aromatic heterocycles. The Bertz CT molecular complexity index is 904. The number of hydrogen-bond acceptors (Lipinski definition) is 5. The molecule has 0 aliphatic carbocycles. The van der Waals surface area contributed by atoms with Gasteiger partial charge in [0.1, 0.15) is 0 Å². The van der Waals surface area contributed by atoms with E-state index in [2.05, 4.69) is 17.2 Å². The van der Waals surface area contributed by atoms with Crippen LogP contribution in [0.25, 0.3) is 0 Å². The Morgan fingerprint density at radius 2 is 2.04 bits per heavy atom. The summed E-state index contributed by atoms with van der Waals surface area (Å²) in [5.41, 5.74) is 1.65. The number of benzene rings is 1. The summed E-state index contributed by atoms with van der Waals surface area (Å²) in [5.74, 6) is -0.108. The molecule has 0 fully saturated rings. The Hall–Kier alpha value is -2.41. The molecule has 2 aromatic rings. The highest BCUT2D eigenvalue weighted by Gasteiger charge is 2.24. The summed E-state index contributed by atoms with van der Waals surface area (Å²) in [4.78, 5) is 14.2. The molecule has 1 aliphatic rings. The second-order valence-electron chi connectivity index (χ2n) is 5.88. The highest BCUT2D eigenvalue weighted by Crippen LogP contribution is 2.18. The molecule has 7 heteroatoms. The van der Waals surface area contributed by atoms with Crippen LogP contribution < -0.4 is 10.5 Å². The second-order valence-corrected chi connectivity index (χ2v) is 7.81. The normalized spacial score (nSPS) is 18.6. The summed E-state index contributed by atoms with van der Waals surface area (Å²) in [6, 6.07) is 11.1. The topological polar surface area (TPSA) is 72.3 Å². The molecule has 6 nitrogen and oxygen atoms in total. The van der Waals surface area contributed by atoms with Gasteiger partial charge in [0.15, 0.2) is 9.84 Å². The first-order valence-corrected chi connectivity index (χ1v) is 9.41. The van der Waals surface area contributed by atoms with Crippen molar-refractivity contribution in [1.29, 1.82) is 0 Å². The minimum atomic E-state index is -3.22. The number of allylic oxidation sites excluding steroid dienone is 1. The molecule has 1 atom stereocenters. The van der Waals surface area contributed by atoms with E-state index in [1.807, 2.05) is 30.1 Å². The van der Waals surface area contributed by atoms with E-state index in [-0.39, 0.29) is 11.3 Å². The number of anilines is 1. The maximum atomic E-state index is 12.3. The summed E-state index contributed by atoms with van der Waals surface area (Å²) in [7, 11) is -1.31. The first-order valence-electron chi connectivity index (χ1n) is 7.69. The number of likely N-dealkylation sites (N-methyl/N-ethyl adjacent to an activating group) is 1. The molecular formula is C17H19N3O3S. The van der Waals surface area contributed by atoms with Gasteiger partial charge in [-0.1, -0.05) is 30.3 Å². The van der Waals surface area contributed by atoms with Crippen molar-refractivity contribution in [3.05, 3.63) is 70.0 Å². The van der Waals surface area contributed by atoms with Gasteiger partial charge in [0.25, 0.3) is 5.56 Å². The molecule has 0 saturated heterocycles. The summed E-state index contributed by atoms with van der Waals surface area (Å²) in [5, 5.41) is 5.29. The summed E-state index contributed by atoms with van der Waals surface area (Å²) >= 11 is 0. The Morgan fingerprint density at radius 1 is 1.29 bits per heavy atom. The van der Waals surface area contributed by atoms with E-state index in [0.717, 1.165) is 24.1 Å². The minimum absolute atomic E-state index is 0.108. The minimum Gasteiger partial charge on any atom is -0.373 e. The van der Waals surface area contributed by atoms with Crippen molar-refractivity contribution >= 4 is 15.5 Å².